The first-order valence-electron chi connectivity index (χ1n) is 7.60. The van der Waals surface area contributed by atoms with Gasteiger partial charge in [-0.1, -0.05) is 16.8 Å². The lowest BCUT2D eigenvalue weighted by atomic mass is 10.2. The van der Waals surface area contributed by atoms with Crippen LogP contribution in [0.1, 0.15) is 30.0 Å². The van der Waals surface area contributed by atoms with Gasteiger partial charge in [0.05, 0.1) is 30.3 Å². The number of rotatable bonds is 7. The number of esters is 2. The minimum absolute atomic E-state index is 0.00673. The summed E-state index contributed by atoms with van der Waals surface area (Å²) in [7, 11) is 0. The Bertz CT molecular complexity index is 851. The molecule has 0 radical (unpaired) electrons. The van der Waals surface area contributed by atoms with Crippen molar-refractivity contribution in [1.29, 1.82) is 0 Å². The largest absolute Gasteiger partial charge is 0.466 e. The summed E-state index contributed by atoms with van der Waals surface area (Å²) in [5.41, 5.74) is -0.578. The Balaban J connectivity index is 2.62. The fourth-order valence-corrected chi connectivity index (χ4v) is 2.35. The van der Waals surface area contributed by atoms with Gasteiger partial charge in [0, 0.05) is 11.1 Å². The summed E-state index contributed by atoms with van der Waals surface area (Å²) < 4.78 is 10.8. The molecule has 0 aliphatic rings. The summed E-state index contributed by atoms with van der Waals surface area (Å²) in [5.74, 6) is -1.45. The van der Waals surface area contributed by atoms with E-state index in [1.165, 1.54) is 18.2 Å². The van der Waals surface area contributed by atoms with Crippen LogP contribution in [0.4, 0.5) is 5.69 Å². The van der Waals surface area contributed by atoms with Gasteiger partial charge in [-0.15, -0.1) is 5.10 Å². The third kappa shape index (κ3) is 4.14. The Kier molecular flexibility index (Phi) is 6.23. The lowest BCUT2D eigenvalue weighted by molar-refractivity contribution is -0.384. The average Bonchev–Trinajstić information content (AvgIpc) is 2.98. The van der Waals surface area contributed by atoms with Gasteiger partial charge in [-0.3, -0.25) is 14.9 Å². The monoisotopic (exact) mass is 382 g/mol. The van der Waals surface area contributed by atoms with Crippen molar-refractivity contribution in [1.82, 2.24) is 15.0 Å². The highest BCUT2D eigenvalue weighted by atomic mass is 35.5. The van der Waals surface area contributed by atoms with Crippen LogP contribution in [0.15, 0.2) is 18.2 Å². The highest BCUT2D eigenvalue weighted by Gasteiger charge is 2.27. The fraction of sp³-hybridized carbons (Fsp3) is 0.333. The third-order valence-electron chi connectivity index (χ3n) is 3.21. The Hall–Kier alpha value is -3.01. The maximum absolute atomic E-state index is 12.1. The van der Waals surface area contributed by atoms with E-state index in [-0.39, 0.29) is 47.4 Å². The van der Waals surface area contributed by atoms with E-state index in [4.69, 9.17) is 21.1 Å². The van der Waals surface area contributed by atoms with Crippen LogP contribution in [0.25, 0.3) is 5.69 Å². The second-order valence-corrected chi connectivity index (χ2v) is 5.33. The van der Waals surface area contributed by atoms with Gasteiger partial charge in [0.1, 0.15) is 5.69 Å². The van der Waals surface area contributed by atoms with Crippen molar-refractivity contribution in [2.45, 2.75) is 20.3 Å². The van der Waals surface area contributed by atoms with Crippen LogP contribution in [0.5, 0.6) is 0 Å². The van der Waals surface area contributed by atoms with E-state index in [1.54, 1.807) is 13.8 Å². The number of hydrogen-bond acceptors (Lipinski definition) is 8. The molecule has 0 unspecified atom stereocenters. The van der Waals surface area contributed by atoms with Crippen molar-refractivity contribution in [2.24, 2.45) is 0 Å². The second-order valence-electron chi connectivity index (χ2n) is 4.89. The Morgan fingerprint density at radius 2 is 1.96 bits per heavy atom. The van der Waals surface area contributed by atoms with Gasteiger partial charge in [0.2, 0.25) is 0 Å². The molecule has 0 saturated carbocycles. The quantitative estimate of drug-likeness (QED) is 0.404. The lowest BCUT2D eigenvalue weighted by Crippen LogP contribution is -2.16. The predicted molar refractivity (Wildman–Crippen MR) is 89.3 cm³/mol. The minimum atomic E-state index is -0.803. The second kappa shape index (κ2) is 8.39. The van der Waals surface area contributed by atoms with Crippen molar-refractivity contribution < 1.29 is 24.0 Å². The van der Waals surface area contributed by atoms with Crippen molar-refractivity contribution in [3.8, 4) is 5.69 Å². The van der Waals surface area contributed by atoms with Crippen molar-refractivity contribution >= 4 is 29.2 Å². The van der Waals surface area contributed by atoms with Crippen LogP contribution < -0.4 is 0 Å². The zero-order valence-corrected chi connectivity index (χ0v) is 14.7. The van der Waals surface area contributed by atoms with Crippen molar-refractivity contribution in [3.63, 3.8) is 0 Å². The number of carbonyl (C=O) groups is 2. The van der Waals surface area contributed by atoms with Crippen LogP contribution in [0.3, 0.4) is 0 Å². The third-order valence-corrected chi connectivity index (χ3v) is 3.45. The maximum Gasteiger partial charge on any atom is 0.360 e. The SMILES string of the molecule is CCOC(=O)Cc1c(C(=O)OCC)nnn1-c1cc(Cl)ccc1[N+](=O)[O-]. The number of ether oxygens (including phenoxy) is 2. The molecule has 2 aromatic rings. The summed E-state index contributed by atoms with van der Waals surface area (Å²) >= 11 is 5.93. The smallest absolute Gasteiger partial charge is 0.360 e. The molecule has 10 nitrogen and oxygen atoms in total. The first-order chi connectivity index (χ1) is 12.4. The van der Waals surface area contributed by atoms with E-state index < -0.39 is 16.9 Å². The summed E-state index contributed by atoms with van der Waals surface area (Å²) in [6.07, 6.45) is -0.376. The fourth-order valence-electron chi connectivity index (χ4n) is 2.18. The van der Waals surface area contributed by atoms with Crippen molar-refractivity contribution in [3.05, 3.63) is 44.7 Å². The molecule has 0 atom stereocenters. The van der Waals surface area contributed by atoms with E-state index in [0.717, 1.165) is 4.68 Å². The molecular weight excluding hydrogens is 368 g/mol. The molecule has 0 N–H and O–H groups in total. The Labute approximate surface area is 152 Å². The Morgan fingerprint density at radius 1 is 1.27 bits per heavy atom. The normalized spacial score (nSPS) is 10.4. The van der Waals surface area contributed by atoms with Crippen LogP contribution in [0, 0.1) is 10.1 Å². The molecule has 0 aliphatic heterocycles. The van der Waals surface area contributed by atoms with Crippen molar-refractivity contribution in [2.75, 3.05) is 13.2 Å². The van der Waals surface area contributed by atoms with Gasteiger partial charge in [-0.25, -0.2) is 9.48 Å². The zero-order valence-electron chi connectivity index (χ0n) is 14.0. The predicted octanol–water partition coefficient (Wildman–Crippen LogP) is 2.11. The van der Waals surface area contributed by atoms with Gasteiger partial charge in [0.25, 0.3) is 5.69 Å². The van der Waals surface area contributed by atoms with Crippen LogP contribution in [0.2, 0.25) is 5.02 Å². The molecule has 26 heavy (non-hydrogen) atoms. The highest BCUT2D eigenvalue weighted by Crippen LogP contribution is 2.28. The zero-order chi connectivity index (χ0) is 19.3. The number of nitrogens with zero attached hydrogens (tertiary/aromatic N) is 4. The van der Waals surface area contributed by atoms with Gasteiger partial charge < -0.3 is 9.47 Å². The Morgan fingerprint density at radius 3 is 2.58 bits per heavy atom. The first-order valence-corrected chi connectivity index (χ1v) is 7.98. The first kappa shape index (κ1) is 19.3. The number of halogens is 1. The molecule has 0 saturated heterocycles. The van der Waals surface area contributed by atoms with E-state index in [9.17, 15) is 19.7 Å². The minimum Gasteiger partial charge on any atom is -0.466 e. The standard InChI is InChI=1S/C15H15ClN4O6/c1-3-25-13(21)8-12-14(15(22)26-4-2)17-18-19(12)11-7-9(16)5-6-10(11)20(23)24/h5-7H,3-4,8H2,1-2H3. The van der Waals surface area contributed by atoms with Crippen LogP contribution in [-0.2, 0) is 20.7 Å². The molecule has 2 rings (SSSR count). The molecule has 0 spiro atoms. The molecule has 0 fully saturated rings. The van der Waals surface area contributed by atoms with E-state index in [2.05, 4.69) is 10.3 Å². The van der Waals surface area contributed by atoms with Gasteiger partial charge in [0.15, 0.2) is 5.69 Å². The number of nitro benzene ring substituents is 1. The van der Waals surface area contributed by atoms with E-state index in [0.29, 0.717) is 0 Å². The molecule has 0 bridgehead atoms. The van der Waals surface area contributed by atoms with Gasteiger partial charge >= 0.3 is 11.9 Å². The number of hydrogen-bond donors (Lipinski definition) is 0. The molecule has 0 aliphatic carbocycles. The van der Waals surface area contributed by atoms with E-state index in [1.807, 2.05) is 0 Å². The summed E-state index contributed by atoms with van der Waals surface area (Å²) in [6.45, 7) is 3.45. The number of benzene rings is 1. The number of nitro groups is 1. The highest BCUT2D eigenvalue weighted by molar-refractivity contribution is 6.30. The summed E-state index contributed by atoms with van der Waals surface area (Å²) in [6, 6.07) is 3.83. The molecule has 1 heterocycles. The molecule has 138 valence electrons. The molecule has 0 amide bonds. The average molecular weight is 383 g/mol. The lowest BCUT2D eigenvalue weighted by Gasteiger charge is -2.08. The maximum atomic E-state index is 12.1. The van der Waals surface area contributed by atoms with E-state index >= 15 is 0 Å². The van der Waals surface area contributed by atoms with Crippen LogP contribution in [-0.4, -0.2) is 45.1 Å². The molecular formula is C15H15ClN4O6. The summed E-state index contributed by atoms with van der Waals surface area (Å²) in [5, 5.41) is 19.0. The summed E-state index contributed by atoms with van der Waals surface area (Å²) in [4.78, 5) is 34.7. The molecule has 1 aromatic carbocycles. The van der Waals surface area contributed by atoms with Gasteiger partial charge in [-0.2, -0.15) is 0 Å². The number of aromatic nitrogens is 3. The van der Waals surface area contributed by atoms with Crippen LogP contribution >= 0.6 is 11.6 Å². The number of carbonyl (C=O) groups excluding carboxylic acids is 2. The molecule has 11 heteroatoms. The topological polar surface area (TPSA) is 126 Å². The molecule has 1 aromatic heterocycles. The van der Waals surface area contributed by atoms with Gasteiger partial charge in [-0.05, 0) is 26.0 Å².